The highest BCUT2D eigenvalue weighted by Crippen LogP contribution is 2.32. The summed E-state index contributed by atoms with van der Waals surface area (Å²) in [6.45, 7) is 7.09. The van der Waals surface area contributed by atoms with E-state index in [1.54, 1.807) is 0 Å². The van der Waals surface area contributed by atoms with Gasteiger partial charge in [0, 0.05) is 23.8 Å². The van der Waals surface area contributed by atoms with Crippen molar-refractivity contribution in [1.82, 2.24) is 14.5 Å². The number of hydrogen-bond acceptors (Lipinski definition) is 5. The van der Waals surface area contributed by atoms with Gasteiger partial charge in [0.05, 0.1) is 17.6 Å². The quantitative estimate of drug-likeness (QED) is 0.661. The Kier molecular flexibility index (Phi) is 5.21. The van der Waals surface area contributed by atoms with Crippen molar-refractivity contribution in [3.8, 4) is 0 Å². The zero-order chi connectivity index (χ0) is 19.6. The number of hydrogen-bond donors (Lipinski definition) is 2. The molecule has 3 rings (SSSR count). The molecule has 0 atom stereocenters. The second kappa shape index (κ2) is 7.42. The molecule has 0 aliphatic heterocycles. The number of aryl methyl sites for hydroxylation is 1. The molecule has 1 amide bonds. The third kappa shape index (κ3) is 3.97. The molecule has 0 radical (unpaired) electrons. The Bertz CT molecular complexity index is 977. The SMILES string of the molecule is CCCCc1nc2c(N)nc3ccccc3c2n1CC(C)(C)COC(N)=O. The molecule has 144 valence electrons. The number of aromatic nitrogens is 3. The van der Waals surface area contributed by atoms with Gasteiger partial charge < -0.3 is 20.8 Å². The van der Waals surface area contributed by atoms with E-state index in [9.17, 15) is 4.79 Å². The van der Waals surface area contributed by atoms with Crippen molar-refractivity contribution in [3.05, 3.63) is 30.1 Å². The van der Waals surface area contributed by atoms with Crippen molar-refractivity contribution in [2.24, 2.45) is 11.1 Å². The largest absolute Gasteiger partial charge is 0.449 e. The Labute approximate surface area is 158 Å². The van der Waals surface area contributed by atoms with Crippen LogP contribution in [0.5, 0.6) is 0 Å². The van der Waals surface area contributed by atoms with Crippen molar-refractivity contribution >= 4 is 33.8 Å². The maximum Gasteiger partial charge on any atom is 0.404 e. The summed E-state index contributed by atoms with van der Waals surface area (Å²) in [5.41, 5.74) is 13.6. The minimum atomic E-state index is -0.760. The van der Waals surface area contributed by atoms with Crippen LogP contribution in [-0.4, -0.2) is 27.2 Å². The molecule has 2 aromatic heterocycles. The van der Waals surface area contributed by atoms with Crippen LogP contribution in [0.1, 0.15) is 39.4 Å². The summed E-state index contributed by atoms with van der Waals surface area (Å²) in [6, 6.07) is 7.93. The molecule has 0 saturated heterocycles. The third-order valence-electron chi connectivity index (χ3n) is 4.63. The molecular weight excluding hydrogens is 342 g/mol. The van der Waals surface area contributed by atoms with Gasteiger partial charge in [-0.1, -0.05) is 45.4 Å². The number of primary amides is 1. The molecule has 0 fully saturated rings. The molecule has 2 heterocycles. The van der Waals surface area contributed by atoms with E-state index in [1.165, 1.54) is 0 Å². The fourth-order valence-electron chi connectivity index (χ4n) is 3.34. The summed E-state index contributed by atoms with van der Waals surface area (Å²) in [6.07, 6.45) is 2.20. The lowest BCUT2D eigenvalue weighted by Gasteiger charge is -2.26. The second-order valence-electron chi connectivity index (χ2n) is 7.70. The highest BCUT2D eigenvalue weighted by atomic mass is 16.5. The molecule has 4 N–H and O–H groups in total. The Morgan fingerprint density at radius 2 is 2.00 bits per heavy atom. The van der Waals surface area contributed by atoms with Gasteiger partial charge in [-0.15, -0.1) is 0 Å². The Morgan fingerprint density at radius 3 is 2.70 bits per heavy atom. The summed E-state index contributed by atoms with van der Waals surface area (Å²) in [5.74, 6) is 1.41. The van der Waals surface area contributed by atoms with E-state index < -0.39 is 6.09 Å². The van der Waals surface area contributed by atoms with E-state index in [1.807, 2.05) is 38.1 Å². The number of carbonyl (C=O) groups is 1. The van der Waals surface area contributed by atoms with Crippen LogP contribution in [0.15, 0.2) is 24.3 Å². The molecule has 3 aromatic rings. The number of anilines is 1. The summed E-state index contributed by atoms with van der Waals surface area (Å²) < 4.78 is 7.27. The highest BCUT2D eigenvalue weighted by molar-refractivity contribution is 6.06. The first-order chi connectivity index (χ1) is 12.8. The average Bonchev–Trinajstić information content (AvgIpc) is 2.97. The van der Waals surface area contributed by atoms with Crippen molar-refractivity contribution in [2.75, 3.05) is 12.3 Å². The van der Waals surface area contributed by atoms with Crippen LogP contribution < -0.4 is 11.5 Å². The maximum absolute atomic E-state index is 11.0. The Morgan fingerprint density at radius 1 is 1.26 bits per heavy atom. The number of nitrogens with two attached hydrogens (primary N) is 2. The lowest BCUT2D eigenvalue weighted by molar-refractivity contribution is 0.0972. The van der Waals surface area contributed by atoms with Gasteiger partial charge in [0.15, 0.2) is 5.82 Å². The van der Waals surface area contributed by atoms with Gasteiger partial charge >= 0.3 is 6.09 Å². The number of ether oxygens (including phenoxy) is 1. The van der Waals surface area contributed by atoms with Crippen LogP contribution in [0, 0.1) is 5.41 Å². The number of benzene rings is 1. The standard InChI is InChI=1S/C20H27N5O2/c1-4-5-10-15-24-16-17(13-8-6-7-9-14(13)23-18(16)21)25(15)11-20(2,3)12-27-19(22)26/h6-9H,4-5,10-12H2,1-3H3,(H2,21,23)(H2,22,26). The summed E-state index contributed by atoms with van der Waals surface area (Å²) in [7, 11) is 0. The van der Waals surface area contributed by atoms with E-state index in [-0.39, 0.29) is 12.0 Å². The van der Waals surface area contributed by atoms with Gasteiger partial charge in [-0.25, -0.2) is 14.8 Å². The average molecular weight is 369 g/mol. The monoisotopic (exact) mass is 369 g/mol. The summed E-state index contributed by atoms with van der Waals surface area (Å²) in [5, 5.41) is 1.02. The third-order valence-corrected chi connectivity index (χ3v) is 4.63. The van der Waals surface area contributed by atoms with Gasteiger partial charge in [-0.2, -0.15) is 0 Å². The number of pyridine rings is 1. The molecule has 0 spiro atoms. The first kappa shape index (κ1) is 18.9. The molecule has 0 aliphatic rings. The number of fused-ring (bicyclic) bond motifs is 3. The van der Waals surface area contributed by atoms with Crippen molar-refractivity contribution in [1.29, 1.82) is 0 Å². The normalized spacial score (nSPS) is 12.0. The molecule has 0 unspecified atom stereocenters. The van der Waals surface area contributed by atoms with Crippen LogP contribution in [0.3, 0.4) is 0 Å². The summed E-state index contributed by atoms with van der Waals surface area (Å²) in [4.78, 5) is 20.4. The maximum atomic E-state index is 11.0. The number of carbonyl (C=O) groups excluding carboxylic acids is 1. The van der Waals surface area contributed by atoms with E-state index >= 15 is 0 Å². The minimum Gasteiger partial charge on any atom is -0.449 e. The molecule has 0 bridgehead atoms. The predicted molar refractivity (Wildman–Crippen MR) is 107 cm³/mol. The number of rotatable bonds is 7. The van der Waals surface area contributed by atoms with Crippen LogP contribution in [0.2, 0.25) is 0 Å². The van der Waals surface area contributed by atoms with Crippen LogP contribution in [0.25, 0.3) is 21.9 Å². The molecule has 1 aromatic carbocycles. The van der Waals surface area contributed by atoms with Gasteiger partial charge in [-0.3, -0.25) is 0 Å². The van der Waals surface area contributed by atoms with E-state index in [4.69, 9.17) is 21.2 Å². The molecule has 0 saturated carbocycles. The number of imidazole rings is 1. The van der Waals surface area contributed by atoms with Crippen molar-refractivity contribution in [2.45, 2.75) is 46.6 Å². The molecule has 27 heavy (non-hydrogen) atoms. The van der Waals surface area contributed by atoms with Gasteiger partial charge in [-0.05, 0) is 12.5 Å². The molecule has 7 heteroatoms. The Hall–Kier alpha value is -2.83. The topological polar surface area (TPSA) is 109 Å². The highest BCUT2D eigenvalue weighted by Gasteiger charge is 2.25. The number of unbranched alkanes of at least 4 members (excludes halogenated alkanes) is 1. The van der Waals surface area contributed by atoms with Crippen LogP contribution in [-0.2, 0) is 17.7 Å². The molecule has 0 aliphatic carbocycles. The first-order valence-electron chi connectivity index (χ1n) is 9.28. The van der Waals surface area contributed by atoms with Gasteiger partial charge in [0.2, 0.25) is 0 Å². The number of para-hydroxylation sites is 1. The lowest BCUT2D eigenvalue weighted by atomic mass is 9.94. The van der Waals surface area contributed by atoms with Gasteiger partial charge in [0.1, 0.15) is 11.3 Å². The Balaban J connectivity index is 2.16. The fraction of sp³-hybridized carbons (Fsp3) is 0.450. The number of nitrogen functional groups attached to an aromatic ring is 1. The minimum absolute atomic E-state index is 0.230. The predicted octanol–water partition coefficient (Wildman–Crippen LogP) is 3.63. The van der Waals surface area contributed by atoms with Crippen LogP contribution >= 0.6 is 0 Å². The zero-order valence-corrected chi connectivity index (χ0v) is 16.2. The van der Waals surface area contributed by atoms with Gasteiger partial charge in [0.25, 0.3) is 0 Å². The summed E-state index contributed by atoms with van der Waals surface area (Å²) >= 11 is 0. The smallest absolute Gasteiger partial charge is 0.404 e. The van der Waals surface area contributed by atoms with Crippen LogP contribution in [0.4, 0.5) is 10.6 Å². The van der Waals surface area contributed by atoms with Crippen molar-refractivity contribution < 1.29 is 9.53 Å². The van der Waals surface area contributed by atoms with E-state index in [2.05, 4.69) is 16.5 Å². The van der Waals surface area contributed by atoms with E-state index in [0.29, 0.717) is 12.4 Å². The first-order valence-corrected chi connectivity index (χ1v) is 9.28. The fourth-order valence-corrected chi connectivity index (χ4v) is 3.34. The lowest BCUT2D eigenvalue weighted by Crippen LogP contribution is -2.29. The molecule has 7 nitrogen and oxygen atoms in total. The number of amides is 1. The number of nitrogens with zero attached hydrogens (tertiary/aromatic N) is 3. The second-order valence-corrected chi connectivity index (χ2v) is 7.70. The van der Waals surface area contributed by atoms with E-state index in [0.717, 1.165) is 47.0 Å². The zero-order valence-electron chi connectivity index (χ0n) is 16.2. The molecular formula is C20H27N5O2. The van der Waals surface area contributed by atoms with Crippen molar-refractivity contribution in [3.63, 3.8) is 0 Å².